The molecule has 1 aliphatic heterocycles. The van der Waals surface area contributed by atoms with E-state index in [9.17, 15) is 4.21 Å². The second kappa shape index (κ2) is 4.88. The average Bonchev–Trinajstić information content (AvgIpc) is 2.06. The van der Waals surface area contributed by atoms with E-state index in [1.807, 2.05) is 6.92 Å². The molecule has 66 valence electrons. The van der Waals surface area contributed by atoms with E-state index in [4.69, 9.17) is 0 Å². The zero-order chi connectivity index (χ0) is 8.10. The molecule has 11 heavy (non-hydrogen) atoms. The van der Waals surface area contributed by atoms with Crippen molar-refractivity contribution in [2.75, 3.05) is 24.6 Å². The van der Waals surface area contributed by atoms with Crippen LogP contribution in [0.5, 0.6) is 0 Å². The van der Waals surface area contributed by atoms with Gasteiger partial charge in [0.1, 0.15) is 0 Å². The monoisotopic (exact) mass is 176 g/mol. The lowest BCUT2D eigenvalue weighted by Gasteiger charge is -2.19. The lowest BCUT2D eigenvalue weighted by atomic mass is 10.0. The lowest BCUT2D eigenvalue weighted by molar-refractivity contribution is -0.664. The van der Waals surface area contributed by atoms with Crippen LogP contribution in [0, 0.1) is 5.92 Å². The Kier molecular flexibility index (Phi) is 4.08. The Balaban J connectivity index is 2.19. The zero-order valence-corrected chi connectivity index (χ0v) is 8.03. The van der Waals surface area contributed by atoms with Crippen LogP contribution in [0.2, 0.25) is 0 Å². The van der Waals surface area contributed by atoms with E-state index in [1.165, 1.54) is 25.9 Å². The van der Waals surface area contributed by atoms with Gasteiger partial charge in [0, 0.05) is 35.1 Å². The molecule has 2 N–H and O–H groups in total. The van der Waals surface area contributed by atoms with Gasteiger partial charge < -0.3 is 5.32 Å². The summed E-state index contributed by atoms with van der Waals surface area (Å²) in [6.07, 6.45) is 2.54. The van der Waals surface area contributed by atoms with Crippen molar-refractivity contribution in [2.24, 2.45) is 5.92 Å². The van der Waals surface area contributed by atoms with E-state index in [-0.39, 0.29) is 0 Å². The molecule has 0 aromatic rings. The molecule has 1 atom stereocenters. The normalized spacial score (nSPS) is 23.4. The van der Waals surface area contributed by atoms with Crippen molar-refractivity contribution in [2.45, 2.75) is 19.8 Å². The summed E-state index contributed by atoms with van der Waals surface area (Å²) in [6.45, 7) is 4.49. The van der Waals surface area contributed by atoms with E-state index in [2.05, 4.69) is 5.32 Å². The van der Waals surface area contributed by atoms with Crippen molar-refractivity contribution >= 4 is 10.8 Å². The molecule has 1 rings (SSSR count). The van der Waals surface area contributed by atoms with E-state index < -0.39 is 10.8 Å². The Morgan fingerprint density at radius 1 is 1.45 bits per heavy atom. The van der Waals surface area contributed by atoms with Crippen LogP contribution in [0.4, 0.5) is 0 Å². The molecule has 0 radical (unpaired) electrons. The smallest absolute Gasteiger partial charge is 0.0758 e. The molecule has 0 aromatic heterocycles. The van der Waals surface area contributed by atoms with Crippen molar-refractivity contribution < 1.29 is 9.53 Å². The molecule has 2 nitrogen and oxygen atoms in total. The average molecular weight is 176 g/mol. The van der Waals surface area contributed by atoms with Crippen molar-refractivity contribution in [3.63, 3.8) is 0 Å². The van der Waals surface area contributed by atoms with Gasteiger partial charge in [0.2, 0.25) is 0 Å². The molecule has 1 unspecified atom stereocenters. The number of nitrogens with two attached hydrogens (primary N) is 1. The standard InChI is InChI=1S/C8H17NOS/c1-2-11(10)7-8-3-5-9-6-4-8/h8-9H,2-7H2,1H3/p+1. The quantitative estimate of drug-likeness (QED) is 0.631. The first-order chi connectivity index (χ1) is 5.33. The highest BCUT2D eigenvalue weighted by molar-refractivity contribution is 7.84. The molecule has 0 aliphatic carbocycles. The fraction of sp³-hybridized carbons (Fsp3) is 1.00. The van der Waals surface area contributed by atoms with Crippen molar-refractivity contribution in [1.29, 1.82) is 0 Å². The van der Waals surface area contributed by atoms with Gasteiger partial charge in [-0.1, -0.05) is 6.92 Å². The first-order valence-electron chi connectivity index (χ1n) is 4.49. The van der Waals surface area contributed by atoms with Gasteiger partial charge in [0.05, 0.1) is 13.1 Å². The maximum Gasteiger partial charge on any atom is 0.0758 e. The maximum atomic E-state index is 11.2. The molecule has 0 bridgehead atoms. The third-order valence-corrected chi connectivity index (χ3v) is 3.79. The molecule has 1 saturated heterocycles. The van der Waals surface area contributed by atoms with Crippen molar-refractivity contribution in [1.82, 2.24) is 0 Å². The molecule has 1 heterocycles. The first kappa shape index (κ1) is 9.20. The number of quaternary nitrogens is 1. The molecular formula is C8H18NOS+. The van der Waals surface area contributed by atoms with Crippen LogP contribution in [0.3, 0.4) is 0 Å². The number of rotatable bonds is 3. The summed E-state index contributed by atoms with van der Waals surface area (Å²) >= 11 is 0. The summed E-state index contributed by atoms with van der Waals surface area (Å²) in [5.41, 5.74) is 0. The highest BCUT2D eigenvalue weighted by Crippen LogP contribution is 2.09. The van der Waals surface area contributed by atoms with Crippen LogP contribution in [0.15, 0.2) is 0 Å². The largest absolute Gasteiger partial charge is 0.346 e. The maximum absolute atomic E-state index is 11.2. The van der Waals surface area contributed by atoms with Gasteiger partial charge >= 0.3 is 0 Å². The Morgan fingerprint density at radius 3 is 2.64 bits per heavy atom. The Labute approximate surface area is 71.2 Å². The second-order valence-corrected chi connectivity index (χ2v) is 4.99. The summed E-state index contributed by atoms with van der Waals surface area (Å²) in [4.78, 5) is 0. The summed E-state index contributed by atoms with van der Waals surface area (Å²) in [7, 11) is -0.538. The highest BCUT2D eigenvalue weighted by atomic mass is 32.2. The SMILES string of the molecule is CCS(=O)CC1CC[NH2+]CC1. The predicted molar refractivity (Wildman–Crippen MR) is 47.9 cm³/mol. The Bertz CT molecular complexity index is 132. The van der Waals surface area contributed by atoms with E-state index in [0.717, 1.165) is 17.4 Å². The Morgan fingerprint density at radius 2 is 2.09 bits per heavy atom. The van der Waals surface area contributed by atoms with Gasteiger partial charge in [-0.05, 0) is 5.92 Å². The molecule has 0 spiro atoms. The minimum atomic E-state index is -0.538. The van der Waals surface area contributed by atoms with Crippen molar-refractivity contribution in [3.05, 3.63) is 0 Å². The summed E-state index contributed by atoms with van der Waals surface area (Å²) in [5.74, 6) is 2.53. The molecule has 0 amide bonds. The fourth-order valence-electron chi connectivity index (χ4n) is 1.54. The Hall–Kier alpha value is 0.110. The first-order valence-corrected chi connectivity index (χ1v) is 5.98. The molecule has 0 aromatic carbocycles. The van der Waals surface area contributed by atoms with E-state index in [1.54, 1.807) is 0 Å². The minimum absolute atomic E-state index is 0.538. The lowest BCUT2D eigenvalue weighted by Crippen LogP contribution is -2.86. The third kappa shape index (κ3) is 3.34. The zero-order valence-electron chi connectivity index (χ0n) is 7.21. The van der Waals surface area contributed by atoms with Gasteiger partial charge in [-0.15, -0.1) is 0 Å². The number of piperidine rings is 1. The molecular weight excluding hydrogens is 158 g/mol. The van der Waals surface area contributed by atoms with Crippen LogP contribution in [0.1, 0.15) is 19.8 Å². The summed E-state index contributed by atoms with van der Waals surface area (Å²) < 4.78 is 11.2. The topological polar surface area (TPSA) is 33.7 Å². The van der Waals surface area contributed by atoms with Crippen LogP contribution in [-0.2, 0) is 10.8 Å². The van der Waals surface area contributed by atoms with E-state index >= 15 is 0 Å². The molecule has 1 aliphatic rings. The van der Waals surface area contributed by atoms with Gasteiger partial charge in [-0.2, -0.15) is 0 Å². The minimum Gasteiger partial charge on any atom is -0.346 e. The van der Waals surface area contributed by atoms with Crippen LogP contribution < -0.4 is 5.32 Å². The number of hydrogen-bond donors (Lipinski definition) is 1. The number of hydrogen-bond acceptors (Lipinski definition) is 1. The summed E-state index contributed by atoms with van der Waals surface area (Å²) in [6, 6.07) is 0. The highest BCUT2D eigenvalue weighted by Gasteiger charge is 2.16. The molecule has 1 fully saturated rings. The predicted octanol–water partition coefficient (Wildman–Crippen LogP) is -0.272. The molecule has 0 saturated carbocycles. The molecule has 3 heteroatoms. The van der Waals surface area contributed by atoms with Crippen LogP contribution in [-0.4, -0.2) is 28.8 Å². The fourth-order valence-corrected chi connectivity index (χ4v) is 2.64. The van der Waals surface area contributed by atoms with Gasteiger partial charge in [-0.25, -0.2) is 0 Å². The second-order valence-electron chi connectivity index (χ2n) is 3.20. The van der Waals surface area contributed by atoms with Crippen molar-refractivity contribution in [3.8, 4) is 0 Å². The van der Waals surface area contributed by atoms with Gasteiger partial charge in [0.15, 0.2) is 0 Å². The third-order valence-electron chi connectivity index (χ3n) is 2.30. The summed E-state index contributed by atoms with van der Waals surface area (Å²) in [5, 5.41) is 2.35. The van der Waals surface area contributed by atoms with Crippen LogP contribution in [0.25, 0.3) is 0 Å². The van der Waals surface area contributed by atoms with Gasteiger partial charge in [0.25, 0.3) is 0 Å². The van der Waals surface area contributed by atoms with Gasteiger partial charge in [-0.3, -0.25) is 4.21 Å². The van der Waals surface area contributed by atoms with Crippen LogP contribution >= 0.6 is 0 Å². The van der Waals surface area contributed by atoms with E-state index in [0.29, 0.717) is 0 Å².